The number of sulfonamides is 1. The van der Waals surface area contributed by atoms with Gasteiger partial charge in [0.1, 0.15) is 29.5 Å². The van der Waals surface area contributed by atoms with E-state index in [2.05, 4.69) is 15.4 Å². The topological polar surface area (TPSA) is 175 Å². The summed E-state index contributed by atoms with van der Waals surface area (Å²) in [6.07, 6.45) is 4.98. The van der Waals surface area contributed by atoms with Crippen LogP contribution >= 0.6 is 0 Å². The van der Waals surface area contributed by atoms with E-state index in [0.29, 0.717) is 29.5 Å². The van der Waals surface area contributed by atoms with E-state index in [-0.39, 0.29) is 43.8 Å². The van der Waals surface area contributed by atoms with Gasteiger partial charge in [-0.3, -0.25) is 19.3 Å². The predicted octanol–water partition coefficient (Wildman–Crippen LogP) is 4.26. The summed E-state index contributed by atoms with van der Waals surface area (Å²) < 4.78 is 49.4. The first-order valence-electron chi connectivity index (χ1n) is 19.1. The van der Waals surface area contributed by atoms with E-state index in [1.54, 1.807) is 44.3 Å². The Morgan fingerprint density at radius 2 is 1.79 bits per heavy atom. The van der Waals surface area contributed by atoms with Crippen molar-refractivity contribution in [2.24, 2.45) is 5.92 Å². The number of nitrogens with zero attached hydrogens (tertiary/aromatic N) is 3. The van der Waals surface area contributed by atoms with Crippen molar-refractivity contribution in [3.05, 3.63) is 77.1 Å². The van der Waals surface area contributed by atoms with Crippen LogP contribution in [0, 0.1) is 18.7 Å². The highest BCUT2D eigenvalue weighted by Crippen LogP contribution is 2.46. The molecule has 1 saturated carbocycles. The Morgan fingerprint density at radius 3 is 2.50 bits per heavy atom. The highest BCUT2D eigenvalue weighted by atomic mass is 32.2. The van der Waals surface area contributed by atoms with Crippen molar-refractivity contribution in [3.63, 3.8) is 0 Å². The standard InChI is InChI=1S/C40H51FN6O8S/c1-25-14-11-12-19-33(25)56(53,54)44-36(50)40-21-27(40)16-9-7-6-8-10-18-31(42-37(51)45(5)39(2,3)4)35(49)47-23-28(20-32(47)34(48)43-40)55-38(52)46-22-26-15-13-17-30(41)29(26)24-46/h9,11-17,19,27-28,31-32H,6-8,10,18,20-24H2,1-5H3,(H,42,51)(H,43,48)(H,44,50)/t27-,28-,31+,32+,40-/m1/s1. The Labute approximate surface area is 327 Å². The van der Waals surface area contributed by atoms with Crippen LogP contribution in [-0.4, -0.2) is 95.8 Å². The van der Waals surface area contributed by atoms with Crippen molar-refractivity contribution >= 4 is 39.9 Å². The molecular weight excluding hydrogens is 744 g/mol. The SMILES string of the molecule is Cc1ccccc1S(=O)(=O)NC(=O)[C@@]12C[C@H]1C=CCCCCC[C@H](NC(=O)N(C)C(C)(C)C)C(=O)N1C[C@H](OC(=O)N3Cc4cccc(F)c4C3)C[C@H]1C(=O)N2. The highest BCUT2D eigenvalue weighted by Gasteiger charge is 2.62. The van der Waals surface area contributed by atoms with E-state index < -0.39 is 80.9 Å². The van der Waals surface area contributed by atoms with Crippen LogP contribution in [0.3, 0.4) is 0 Å². The highest BCUT2D eigenvalue weighted by molar-refractivity contribution is 7.90. The van der Waals surface area contributed by atoms with Crippen LogP contribution < -0.4 is 15.4 Å². The van der Waals surface area contributed by atoms with Crippen LogP contribution in [0.4, 0.5) is 14.0 Å². The van der Waals surface area contributed by atoms with Crippen LogP contribution in [0.25, 0.3) is 0 Å². The van der Waals surface area contributed by atoms with Crippen LogP contribution in [0.1, 0.15) is 82.4 Å². The second-order valence-corrected chi connectivity index (χ2v) is 17.9. The number of hydrogen-bond donors (Lipinski definition) is 3. The van der Waals surface area contributed by atoms with Gasteiger partial charge in [-0.25, -0.2) is 27.1 Å². The van der Waals surface area contributed by atoms with Gasteiger partial charge in [-0.15, -0.1) is 0 Å². The molecule has 1 saturated heterocycles. The molecule has 56 heavy (non-hydrogen) atoms. The molecule has 2 aromatic carbocycles. The number of halogens is 1. The van der Waals surface area contributed by atoms with Gasteiger partial charge in [0.2, 0.25) is 11.8 Å². The summed E-state index contributed by atoms with van der Waals surface area (Å²) in [6, 6.07) is 8.08. The second kappa shape index (κ2) is 15.9. The van der Waals surface area contributed by atoms with E-state index in [1.165, 1.54) is 26.8 Å². The third kappa shape index (κ3) is 8.54. The number of nitrogens with one attached hydrogen (secondary N) is 3. The lowest BCUT2D eigenvalue weighted by Gasteiger charge is -2.35. The maximum Gasteiger partial charge on any atom is 0.410 e. The number of rotatable bonds is 5. The molecular formula is C40H51FN6O8S. The van der Waals surface area contributed by atoms with Gasteiger partial charge in [0.15, 0.2) is 0 Å². The molecule has 2 fully saturated rings. The summed E-state index contributed by atoms with van der Waals surface area (Å²) in [7, 11) is -2.70. The van der Waals surface area contributed by atoms with Crippen LogP contribution in [-0.2, 0) is 42.2 Å². The zero-order chi connectivity index (χ0) is 40.6. The first-order chi connectivity index (χ1) is 26.4. The number of aryl methyl sites for hydroxylation is 1. The van der Waals surface area contributed by atoms with Crippen LogP contribution in [0.15, 0.2) is 59.5 Å². The Kier molecular flexibility index (Phi) is 11.5. The van der Waals surface area contributed by atoms with E-state index >= 15 is 0 Å². The average molecular weight is 795 g/mol. The van der Waals surface area contributed by atoms with Gasteiger partial charge in [0.05, 0.1) is 18.0 Å². The Hall–Kier alpha value is -4.99. The summed E-state index contributed by atoms with van der Waals surface area (Å²) in [5.41, 5.74) is -0.729. The van der Waals surface area contributed by atoms with E-state index in [0.717, 1.165) is 12.8 Å². The summed E-state index contributed by atoms with van der Waals surface area (Å²) in [5, 5.41) is 5.68. The molecule has 0 radical (unpaired) electrons. The number of ether oxygens (including phenoxy) is 1. The molecule has 14 nitrogen and oxygen atoms in total. The molecule has 3 heterocycles. The van der Waals surface area contributed by atoms with Crippen molar-refractivity contribution in [3.8, 4) is 0 Å². The molecule has 0 aromatic heterocycles. The lowest BCUT2D eigenvalue weighted by molar-refractivity contribution is -0.141. The smallest absolute Gasteiger partial charge is 0.410 e. The molecule has 0 unspecified atom stereocenters. The maximum atomic E-state index is 14.5. The third-order valence-electron chi connectivity index (χ3n) is 11.3. The first-order valence-corrected chi connectivity index (χ1v) is 20.6. The number of benzene rings is 2. The Bertz CT molecular complexity index is 2040. The van der Waals surface area contributed by atoms with Crippen LogP contribution in [0.5, 0.6) is 0 Å². The minimum Gasteiger partial charge on any atom is -0.444 e. The second-order valence-electron chi connectivity index (χ2n) is 16.3. The largest absolute Gasteiger partial charge is 0.444 e. The minimum absolute atomic E-state index is 0.00648. The predicted molar refractivity (Wildman–Crippen MR) is 204 cm³/mol. The fourth-order valence-corrected chi connectivity index (χ4v) is 8.85. The van der Waals surface area contributed by atoms with Crippen molar-refractivity contribution < 1.29 is 41.5 Å². The number of allylic oxidation sites excluding steroid dienone is 1. The number of carbonyl (C=O) groups excluding carboxylic acids is 5. The van der Waals surface area contributed by atoms with E-state index in [9.17, 15) is 36.8 Å². The van der Waals surface area contributed by atoms with Crippen molar-refractivity contribution in [1.82, 2.24) is 30.1 Å². The quantitative estimate of drug-likeness (QED) is 0.377. The van der Waals surface area contributed by atoms with Crippen LogP contribution in [0.2, 0.25) is 0 Å². The zero-order valence-electron chi connectivity index (χ0n) is 32.5. The molecule has 3 aliphatic heterocycles. The number of hydrogen-bond acceptors (Lipinski definition) is 8. The van der Waals surface area contributed by atoms with E-state index in [4.69, 9.17) is 4.74 Å². The molecule has 5 atom stereocenters. The lowest BCUT2D eigenvalue weighted by atomic mass is 10.0. The molecule has 2 aromatic rings. The van der Waals surface area contributed by atoms with E-state index in [1.807, 2.05) is 32.9 Å². The number of fused-ring (bicyclic) bond motifs is 3. The fourth-order valence-electron chi connectivity index (χ4n) is 7.57. The number of carbonyl (C=O) groups is 5. The lowest BCUT2D eigenvalue weighted by Crippen LogP contribution is -2.59. The summed E-state index contributed by atoms with van der Waals surface area (Å²) in [5.74, 6) is -3.17. The molecule has 4 aliphatic rings. The molecule has 6 amide bonds. The van der Waals surface area contributed by atoms with Gasteiger partial charge in [0.25, 0.3) is 15.9 Å². The molecule has 302 valence electrons. The maximum absolute atomic E-state index is 14.5. The first kappa shape index (κ1) is 40.7. The van der Waals surface area contributed by atoms with Gasteiger partial charge in [0, 0.05) is 37.0 Å². The summed E-state index contributed by atoms with van der Waals surface area (Å²) >= 11 is 0. The summed E-state index contributed by atoms with van der Waals surface area (Å²) in [4.78, 5) is 73.8. The minimum atomic E-state index is -4.32. The number of urea groups is 1. The van der Waals surface area contributed by atoms with Gasteiger partial charge >= 0.3 is 12.1 Å². The molecule has 1 aliphatic carbocycles. The van der Waals surface area contributed by atoms with Gasteiger partial charge in [-0.05, 0) is 76.6 Å². The van der Waals surface area contributed by atoms with Crippen molar-refractivity contribution in [2.75, 3.05) is 13.6 Å². The molecule has 0 bridgehead atoms. The summed E-state index contributed by atoms with van der Waals surface area (Å²) in [6.45, 7) is 7.10. The zero-order valence-corrected chi connectivity index (χ0v) is 33.3. The molecule has 0 spiro atoms. The Morgan fingerprint density at radius 1 is 1.04 bits per heavy atom. The Balaban J connectivity index is 1.28. The normalized spacial score (nSPS) is 25.5. The van der Waals surface area contributed by atoms with Gasteiger partial charge in [-0.1, -0.05) is 55.3 Å². The monoisotopic (exact) mass is 794 g/mol. The molecule has 16 heteroatoms. The molecule has 6 rings (SSSR count). The van der Waals surface area contributed by atoms with Gasteiger partial charge in [-0.2, -0.15) is 0 Å². The van der Waals surface area contributed by atoms with Crippen molar-refractivity contribution in [1.29, 1.82) is 0 Å². The van der Waals surface area contributed by atoms with Crippen molar-refractivity contribution in [2.45, 2.75) is 120 Å². The molecule has 3 N–H and O–H groups in total. The fraction of sp³-hybridized carbons (Fsp3) is 0.525. The average Bonchev–Trinajstić information content (AvgIpc) is 3.42. The number of amides is 6. The van der Waals surface area contributed by atoms with Gasteiger partial charge < -0.3 is 25.2 Å². The third-order valence-corrected chi connectivity index (χ3v) is 12.8.